The number of carbonyl (C=O) groups is 2. The van der Waals surface area contributed by atoms with E-state index in [4.69, 9.17) is 4.74 Å². The number of anilines is 1. The van der Waals surface area contributed by atoms with E-state index in [1.54, 1.807) is 13.0 Å². The minimum absolute atomic E-state index is 0.0335. The van der Waals surface area contributed by atoms with Gasteiger partial charge in [0.05, 0.1) is 15.7 Å². The molecule has 0 aliphatic rings. The Bertz CT molecular complexity index is 886. The summed E-state index contributed by atoms with van der Waals surface area (Å²) in [7, 11) is 0. The Morgan fingerprint density at radius 1 is 1.18 bits per heavy atom. The van der Waals surface area contributed by atoms with Gasteiger partial charge in [0, 0.05) is 6.42 Å². The van der Waals surface area contributed by atoms with Crippen molar-refractivity contribution in [1.29, 1.82) is 0 Å². The number of benzene rings is 2. The summed E-state index contributed by atoms with van der Waals surface area (Å²) in [5, 5.41) is 11.8. The minimum atomic E-state index is -4.81. The predicted molar refractivity (Wildman–Crippen MR) is 97.5 cm³/mol. The summed E-state index contributed by atoms with van der Waals surface area (Å²) in [5.41, 5.74) is 0.566. The number of ether oxygens (including phenoxy) is 2. The van der Waals surface area contributed by atoms with Crippen LogP contribution in [0.5, 0.6) is 11.5 Å². The monoisotopic (exact) mass is 461 g/mol. The number of carboxylic acid groups (broad SMARTS) is 1. The molecule has 0 aliphatic carbocycles. The van der Waals surface area contributed by atoms with Crippen molar-refractivity contribution in [3.63, 3.8) is 0 Å². The summed E-state index contributed by atoms with van der Waals surface area (Å²) in [5.74, 6) is -1.70. The zero-order valence-corrected chi connectivity index (χ0v) is 16.1. The lowest BCUT2D eigenvalue weighted by molar-refractivity contribution is -0.274. The van der Waals surface area contributed by atoms with Crippen LogP contribution in [0.1, 0.15) is 29.3 Å². The quantitative estimate of drug-likeness (QED) is 0.607. The fraction of sp³-hybridized carbons (Fsp3) is 0.222. The normalized spacial score (nSPS) is 11.0. The molecule has 0 atom stereocenters. The predicted octanol–water partition coefficient (Wildman–Crippen LogP) is 4.97. The highest BCUT2D eigenvalue weighted by Gasteiger charge is 2.32. The number of rotatable bonds is 7. The van der Waals surface area contributed by atoms with Crippen molar-refractivity contribution >= 4 is 33.5 Å². The molecule has 0 fully saturated rings. The van der Waals surface area contributed by atoms with Gasteiger partial charge in [-0.15, -0.1) is 13.2 Å². The number of carboxylic acids is 1. The number of hydrogen-bond donors (Lipinski definition) is 2. The van der Waals surface area contributed by atoms with Crippen molar-refractivity contribution in [1.82, 2.24) is 0 Å². The van der Waals surface area contributed by atoms with Gasteiger partial charge in [-0.2, -0.15) is 0 Å². The van der Waals surface area contributed by atoms with Crippen LogP contribution in [-0.4, -0.2) is 23.3 Å². The Morgan fingerprint density at radius 2 is 1.89 bits per heavy atom. The first-order chi connectivity index (χ1) is 13.1. The van der Waals surface area contributed by atoms with E-state index in [1.165, 1.54) is 24.3 Å². The Balaban J connectivity index is 2.12. The zero-order chi connectivity index (χ0) is 20.9. The molecule has 0 unspecified atom stereocenters. The van der Waals surface area contributed by atoms with Crippen molar-refractivity contribution in [2.45, 2.75) is 26.3 Å². The van der Waals surface area contributed by atoms with E-state index in [0.29, 0.717) is 5.56 Å². The lowest BCUT2D eigenvalue weighted by Gasteiger charge is -2.13. The van der Waals surface area contributed by atoms with Crippen molar-refractivity contribution in [3.05, 3.63) is 52.0 Å². The van der Waals surface area contributed by atoms with Gasteiger partial charge in [-0.3, -0.25) is 4.79 Å². The Morgan fingerprint density at radius 3 is 2.46 bits per heavy atom. The van der Waals surface area contributed by atoms with Crippen molar-refractivity contribution in [2.75, 3.05) is 5.32 Å². The average Bonchev–Trinajstić information content (AvgIpc) is 2.61. The van der Waals surface area contributed by atoms with E-state index in [1.807, 2.05) is 0 Å². The van der Waals surface area contributed by atoms with Crippen molar-refractivity contribution in [3.8, 4) is 11.5 Å². The Hall–Kier alpha value is -2.75. The van der Waals surface area contributed by atoms with Crippen LogP contribution in [0.4, 0.5) is 18.9 Å². The van der Waals surface area contributed by atoms with Crippen LogP contribution in [-0.2, 0) is 11.4 Å². The standard InChI is InChI=1S/C18H15BrF3NO5/c1-2-16(24)23-14-5-3-10(7-12(14)17(25)26)9-27-11-4-6-15(13(19)8-11)28-18(20,21)22/h3-8H,2,9H2,1H3,(H,23,24)(H,25,26). The van der Waals surface area contributed by atoms with E-state index < -0.39 is 18.1 Å². The molecule has 0 aliphatic heterocycles. The second-order valence-electron chi connectivity index (χ2n) is 5.52. The summed E-state index contributed by atoms with van der Waals surface area (Å²) in [6.45, 7) is 1.61. The smallest absolute Gasteiger partial charge is 0.489 e. The highest BCUT2D eigenvalue weighted by Crippen LogP contribution is 2.33. The van der Waals surface area contributed by atoms with Crippen LogP contribution in [0.2, 0.25) is 0 Å². The fourth-order valence-electron chi connectivity index (χ4n) is 2.15. The Labute approximate surface area is 166 Å². The van der Waals surface area contributed by atoms with Crippen LogP contribution in [0.15, 0.2) is 40.9 Å². The fourth-order valence-corrected chi connectivity index (χ4v) is 2.59. The molecule has 28 heavy (non-hydrogen) atoms. The highest BCUT2D eigenvalue weighted by atomic mass is 79.9. The SMILES string of the molecule is CCC(=O)Nc1ccc(COc2ccc(OC(F)(F)F)c(Br)c2)cc1C(=O)O. The average molecular weight is 462 g/mol. The maximum Gasteiger partial charge on any atom is 0.573 e. The van der Waals surface area contributed by atoms with Gasteiger partial charge < -0.3 is 19.9 Å². The molecule has 0 saturated carbocycles. The van der Waals surface area contributed by atoms with E-state index >= 15 is 0 Å². The number of aromatic carboxylic acids is 1. The maximum absolute atomic E-state index is 12.3. The third-order valence-electron chi connectivity index (χ3n) is 3.44. The largest absolute Gasteiger partial charge is 0.573 e. The first-order valence-corrected chi connectivity index (χ1v) is 8.72. The van der Waals surface area contributed by atoms with Gasteiger partial charge >= 0.3 is 12.3 Å². The van der Waals surface area contributed by atoms with Crippen LogP contribution < -0.4 is 14.8 Å². The van der Waals surface area contributed by atoms with Crippen molar-refractivity contribution < 1.29 is 37.3 Å². The van der Waals surface area contributed by atoms with Gasteiger partial charge in [-0.05, 0) is 51.8 Å². The number of carbonyl (C=O) groups excluding carboxylic acids is 1. The number of nitrogens with one attached hydrogen (secondary N) is 1. The Kier molecular flexibility index (Phi) is 6.90. The van der Waals surface area contributed by atoms with E-state index in [2.05, 4.69) is 26.0 Å². The second kappa shape index (κ2) is 8.96. The summed E-state index contributed by atoms with van der Waals surface area (Å²) in [4.78, 5) is 22.9. The summed E-state index contributed by atoms with van der Waals surface area (Å²) >= 11 is 2.97. The molecule has 0 bridgehead atoms. The summed E-state index contributed by atoms with van der Waals surface area (Å²) in [6.07, 6.45) is -4.61. The van der Waals surface area contributed by atoms with Gasteiger partial charge in [0.2, 0.25) is 5.91 Å². The molecule has 0 aromatic heterocycles. The molecule has 0 spiro atoms. The van der Waals surface area contributed by atoms with Crippen molar-refractivity contribution in [2.24, 2.45) is 0 Å². The van der Waals surface area contributed by atoms with Crippen LogP contribution in [0, 0.1) is 0 Å². The lowest BCUT2D eigenvalue weighted by Crippen LogP contribution is -2.17. The zero-order valence-electron chi connectivity index (χ0n) is 14.5. The van der Waals surface area contributed by atoms with Gasteiger partial charge in [0.15, 0.2) is 0 Å². The highest BCUT2D eigenvalue weighted by molar-refractivity contribution is 9.10. The van der Waals surface area contributed by atoms with E-state index in [0.717, 1.165) is 6.07 Å². The maximum atomic E-state index is 12.3. The molecule has 2 aromatic carbocycles. The molecule has 10 heteroatoms. The molecule has 2 aromatic rings. The molecular formula is C18H15BrF3NO5. The van der Waals surface area contributed by atoms with E-state index in [-0.39, 0.29) is 40.4 Å². The van der Waals surface area contributed by atoms with Gasteiger partial charge in [-0.1, -0.05) is 13.0 Å². The minimum Gasteiger partial charge on any atom is -0.489 e. The number of halogens is 4. The number of amides is 1. The molecule has 0 heterocycles. The third kappa shape index (κ3) is 6.15. The van der Waals surface area contributed by atoms with Gasteiger partial charge in [0.25, 0.3) is 0 Å². The third-order valence-corrected chi connectivity index (χ3v) is 4.06. The lowest BCUT2D eigenvalue weighted by atomic mass is 10.1. The van der Waals surface area contributed by atoms with Gasteiger partial charge in [0.1, 0.15) is 18.1 Å². The molecule has 2 N–H and O–H groups in total. The second-order valence-corrected chi connectivity index (χ2v) is 6.37. The van der Waals surface area contributed by atoms with Crippen LogP contribution in [0.25, 0.3) is 0 Å². The molecule has 6 nitrogen and oxygen atoms in total. The molecule has 150 valence electrons. The first kappa shape index (κ1) is 21.5. The van der Waals surface area contributed by atoms with Crippen LogP contribution >= 0.6 is 15.9 Å². The molecule has 0 radical (unpaired) electrons. The molecule has 1 amide bonds. The summed E-state index contributed by atoms with van der Waals surface area (Å²) < 4.78 is 46.2. The number of hydrogen-bond acceptors (Lipinski definition) is 4. The van der Waals surface area contributed by atoms with Gasteiger partial charge in [-0.25, -0.2) is 4.79 Å². The molecular weight excluding hydrogens is 447 g/mol. The molecule has 0 saturated heterocycles. The topological polar surface area (TPSA) is 84.9 Å². The van der Waals surface area contributed by atoms with Crippen LogP contribution in [0.3, 0.4) is 0 Å². The summed E-state index contributed by atoms with van der Waals surface area (Å²) in [6, 6.07) is 8.07. The number of alkyl halides is 3. The molecule has 2 rings (SSSR count). The van der Waals surface area contributed by atoms with E-state index in [9.17, 15) is 27.9 Å². The first-order valence-electron chi connectivity index (χ1n) is 7.93.